The first kappa shape index (κ1) is 19.8. The van der Waals surface area contributed by atoms with Gasteiger partial charge in [-0.05, 0) is 24.3 Å². The van der Waals surface area contributed by atoms with Crippen LogP contribution in [0.25, 0.3) is 11.4 Å². The molecule has 10 heteroatoms. The van der Waals surface area contributed by atoms with Gasteiger partial charge in [-0.3, -0.25) is 9.10 Å². The molecule has 0 spiro atoms. The van der Waals surface area contributed by atoms with Gasteiger partial charge in [0.2, 0.25) is 21.7 Å². The van der Waals surface area contributed by atoms with Crippen LogP contribution < -0.4 is 9.62 Å². The lowest BCUT2D eigenvalue weighted by atomic mass is 10.1. The Kier molecular flexibility index (Phi) is 5.66. The molecule has 8 nitrogen and oxygen atoms in total. The van der Waals surface area contributed by atoms with Crippen molar-refractivity contribution in [3.63, 3.8) is 0 Å². The summed E-state index contributed by atoms with van der Waals surface area (Å²) in [6.07, 6.45) is 1.07. The van der Waals surface area contributed by atoms with Crippen LogP contribution in [0.15, 0.2) is 53.1 Å². The fourth-order valence-electron chi connectivity index (χ4n) is 2.45. The molecule has 0 atom stereocenters. The second-order valence-corrected chi connectivity index (χ2v) is 8.34. The quantitative estimate of drug-likeness (QED) is 0.657. The summed E-state index contributed by atoms with van der Waals surface area (Å²) in [5.41, 5.74) is 1.09. The maximum atomic E-state index is 12.6. The summed E-state index contributed by atoms with van der Waals surface area (Å²) < 4.78 is 29.8. The Morgan fingerprint density at radius 2 is 1.86 bits per heavy atom. The molecule has 0 saturated heterocycles. The second kappa shape index (κ2) is 7.99. The van der Waals surface area contributed by atoms with Crippen LogP contribution >= 0.6 is 11.6 Å². The van der Waals surface area contributed by atoms with Crippen molar-refractivity contribution in [1.82, 2.24) is 15.5 Å². The second-order valence-electron chi connectivity index (χ2n) is 5.92. The van der Waals surface area contributed by atoms with Gasteiger partial charge in [0.25, 0.3) is 5.91 Å². The van der Waals surface area contributed by atoms with Crippen LogP contribution in [0.2, 0.25) is 5.02 Å². The lowest BCUT2D eigenvalue weighted by Crippen LogP contribution is -2.29. The third-order valence-corrected chi connectivity index (χ3v) is 5.49. The van der Waals surface area contributed by atoms with E-state index in [9.17, 15) is 13.2 Å². The number of nitrogens with zero attached hydrogens (tertiary/aromatic N) is 3. The van der Waals surface area contributed by atoms with Gasteiger partial charge in [-0.2, -0.15) is 4.98 Å². The number of hydrogen-bond acceptors (Lipinski definition) is 6. The molecule has 28 heavy (non-hydrogen) atoms. The molecule has 0 saturated carbocycles. The van der Waals surface area contributed by atoms with Gasteiger partial charge in [-0.1, -0.05) is 41.0 Å². The lowest BCUT2D eigenvalue weighted by molar-refractivity contribution is 0.0947. The van der Waals surface area contributed by atoms with E-state index in [1.165, 1.54) is 13.1 Å². The minimum Gasteiger partial charge on any atom is -0.343 e. The van der Waals surface area contributed by atoms with E-state index in [1.807, 2.05) is 0 Å². The average Bonchev–Trinajstić information content (AvgIpc) is 3.14. The van der Waals surface area contributed by atoms with Gasteiger partial charge >= 0.3 is 0 Å². The van der Waals surface area contributed by atoms with E-state index in [2.05, 4.69) is 15.5 Å². The monoisotopic (exact) mass is 420 g/mol. The van der Waals surface area contributed by atoms with E-state index < -0.39 is 15.9 Å². The van der Waals surface area contributed by atoms with Crippen molar-refractivity contribution in [2.75, 3.05) is 17.6 Å². The average molecular weight is 421 g/mol. The van der Waals surface area contributed by atoms with E-state index in [1.54, 1.807) is 42.5 Å². The number of amides is 1. The highest BCUT2D eigenvalue weighted by Gasteiger charge is 2.20. The van der Waals surface area contributed by atoms with E-state index >= 15 is 0 Å². The summed E-state index contributed by atoms with van der Waals surface area (Å²) in [4.78, 5) is 16.8. The first-order chi connectivity index (χ1) is 13.3. The van der Waals surface area contributed by atoms with Gasteiger partial charge in [-0.25, -0.2) is 8.42 Å². The summed E-state index contributed by atoms with van der Waals surface area (Å²) >= 11 is 6.11. The predicted octanol–water partition coefficient (Wildman–Crippen LogP) is 2.72. The van der Waals surface area contributed by atoms with Crippen molar-refractivity contribution in [1.29, 1.82) is 0 Å². The molecular formula is C18H17ClN4O4S. The SMILES string of the molecule is CN(c1ccccc1C(=O)NCc1nc(-c2ccccc2Cl)no1)S(C)(=O)=O. The number of halogens is 1. The van der Waals surface area contributed by atoms with Gasteiger partial charge in [0.15, 0.2) is 0 Å². The van der Waals surface area contributed by atoms with Crippen molar-refractivity contribution in [2.45, 2.75) is 6.54 Å². The van der Waals surface area contributed by atoms with Crippen LogP contribution in [0.3, 0.4) is 0 Å². The molecule has 0 bridgehead atoms. The maximum Gasteiger partial charge on any atom is 0.253 e. The molecular weight excluding hydrogens is 404 g/mol. The summed E-state index contributed by atoms with van der Waals surface area (Å²) in [5.74, 6) is 0.0351. The molecule has 1 aromatic heterocycles. The van der Waals surface area contributed by atoms with Crippen molar-refractivity contribution in [2.24, 2.45) is 0 Å². The standard InChI is InChI=1S/C18H17ClN4O4S/c1-23(28(2,25)26)15-10-6-4-8-13(15)18(24)20-11-16-21-17(22-27-16)12-7-3-5-9-14(12)19/h3-10H,11H2,1-2H3,(H,20,24). The highest BCUT2D eigenvalue weighted by Crippen LogP contribution is 2.25. The minimum atomic E-state index is -3.51. The first-order valence-electron chi connectivity index (χ1n) is 8.16. The summed E-state index contributed by atoms with van der Waals surface area (Å²) in [6.45, 7) is -0.0206. The number of benzene rings is 2. The van der Waals surface area contributed by atoms with Crippen LogP contribution in [-0.4, -0.2) is 37.8 Å². The minimum absolute atomic E-state index is 0.0206. The molecule has 1 N–H and O–H groups in total. The van der Waals surface area contributed by atoms with E-state index in [0.717, 1.165) is 10.6 Å². The van der Waals surface area contributed by atoms with Gasteiger partial charge in [0.05, 0.1) is 29.1 Å². The van der Waals surface area contributed by atoms with Crippen LogP contribution in [0.1, 0.15) is 16.2 Å². The number of nitrogens with one attached hydrogen (secondary N) is 1. The number of rotatable bonds is 6. The summed E-state index contributed by atoms with van der Waals surface area (Å²) in [7, 11) is -2.13. The number of hydrogen-bond donors (Lipinski definition) is 1. The molecule has 0 aliphatic heterocycles. The number of aromatic nitrogens is 2. The fraction of sp³-hybridized carbons (Fsp3) is 0.167. The van der Waals surface area contributed by atoms with Crippen LogP contribution in [0, 0.1) is 0 Å². The Bertz CT molecular complexity index is 1110. The maximum absolute atomic E-state index is 12.6. The number of anilines is 1. The molecule has 3 rings (SSSR count). The van der Waals surface area contributed by atoms with Gasteiger partial charge in [0.1, 0.15) is 0 Å². The van der Waals surface area contributed by atoms with Crippen LogP contribution in [0.4, 0.5) is 5.69 Å². The normalized spacial score (nSPS) is 11.2. The zero-order chi connectivity index (χ0) is 20.3. The van der Waals surface area contributed by atoms with Crippen molar-refractivity contribution in [3.8, 4) is 11.4 Å². The zero-order valence-corrected chi connectivity index (χ0v) is 16.7. The van der Waals surface area contributed by atoms with Crippen molar-refractivity contribution >= 4 is 33.2 Å². The Hall–Kier alpha value is -2.91. The third-order valence-electron chi connectivity index (χ3n) is 3.97. The fourth-order valence-corrected chi connectivity index (χ4v) is 3.19. The largest absolute Gasteiger partial charge is 0.343 e. The lowest BCUT2D eigenvalue weighted by Gasteiger charge is -2.19. The Labute approximate surface area is 167 Å². The topological polar surface area (TPSA) is 105 Å². The Morgan fingerprint density at radius 1 is 1.18 bits per heavy atom. The van der Waals surface area contributed by atoms with E-state index in [0.29, 0.717) is 16.4 Å². The summed E-state index contributed by atoms with van der Waals surface area (Å²) in [6, 6.07) is 13.5. The molecule has 146 valence electrons. The molecule has 3 aromatic rings. The van der Waals surface area contributed by atoms with E-state index in [-0.39, 0.29) is 23.7 Å². The van der Waals surface area contributed by atoms with Crippen LogP contribution in [-0.2, 0) is 16.6 Å². The Balaban J connectivity index is 1.75. The molecule has 1 heterocycles. The van der Waals surface area contributed by atoms with Crippen molar-refractivity contribution in [3.05, 3.63) is 65.0 Å². The molecule has 0 aliphatic carbocycles. The molecule has 0 fully saturated rings. The van der Waals surface area contributed by atoms with Crippen molar-refractivity contribution < 1.29 is 17.7 Å². The smallest absolute Gasteiger partial charge is 0.253 e. The highest BCUT2D eigenvalue weighted by atomic mass is 35.5. The molecule has 0 radical (unpaired) electrons. The number of carbonyl (C=O) groups excluding carboxylic acids is 1. The predicted molar refractivity (Wildman–Crippen MR) is 106 cm³/mol. The molecule has 1 amide bonds. The summed E-state index contributed by atoms with van der Waals surface area (Å²) in [5, 5.41) is 7.00. The van der Waals surface area contributed by atoms with Gasteiger partial charge in [-0.15, -0.1) is 0 Å². The molecule has 0 aliphatic rings. The molecule has 2 aromatic carbocycles. The number of para-hydroxylation sites is 1. The van der Waals surface area contributed by atoms with Crippen LogP contribution in [0.5, 0.6) is 0 Å². The van der Waals surface area contributed by atoms with E-state index in [4.69, 9.17) is 16.1 Å². The van der Waals surface area contributed by atoms with Gasteiger partial charge < -0.3 is 9.84 Å². The number of sulfonamides is 1. The third kappa shape index (κ3) is 4.32. The highest BCUT2D eigenvalue weighted by molar-refractivity contribution is 7.92. The van der Waals surface area contributed by atoms with Gasteiger partial charge in [0, 0.05) is 12.6 Å². The Morgan fingerprint density at radius 3 is 2.57 bits per heavy atom. The number of carbonyl (C=O) groups is 1. The zero-order valence-electron chi connectivity index (χ0n) is 15.1. The first-order valence-corrected chi connectivity index (χ1v) is 10.4. The molecule has 0 unspecified atom stereocenters.